The number of nitrogens with zero attached hydrogens (tertiary/aromatic N) is 1. The molecule has 6 nitrogen and oxygen atoms in total. The summed E-state index contributed by atoms with van der Waals surface area (Å²) in [5.41, 5.74) is 1.02. The van der Waals surface area contributed by atoms with E-state index >= 15 is 0 Å². The van der Waals surface area contributed by atoms with E-state index < -0.39 is 11.6 Å². The van der Waals surface area contributed by atoms with Gasteiger partial charge in [0.2, 0.25) is 0 Å². The van der Waals surface area contributed by atoms with E-state index in [9.17, 15) is 13.6 Å². The summed E-state index contributed by atoms with van der Waals surface area (Å²) in [7, 11) is 0. The zero-order valence-electron chi connectivity index (χ0n) is 16.2. The van der Waals surface area contributed by atoms with Gasteiger partial charge in [0.05, 0.1) is 5.52 Å². The number of carbonyl (C=O) groups is 1. The first-order valence-electron chi connectivity index (χ1n) is 10.1. The molecule has 1 aliphatic heterocycles. The van der Waals surface area contributed by atoms with E-state index in [1.165, 1.54) is 6.07 Å². The number of fused-ring (bicyclic) bond motifs is 2. The quantitative estimate of drug-likeness (QED) is 0.679. The molecule has 0 spiro atoms. The van der Waals surface area contributed by atoms with Gasteiger partial charge in [-0.3, -0.25) is 4.79 Å². The van der Waals surface area contributed by atoms with E-state index in [-0.39, 0.29) is 23.4 Å². The SMILES string of the molecule is O=C(NC1CCCC(c2nc3ccc(F)c(F)c3[nH]2)C1)c1ccc2c(c1)OCCO2. The Hall–Kier alpha value is -3.16. The number of ether oxygens (including phenoxy) is 2. The Labute approximate surface area is 171 Å². The van der Waals surface area contributed by atoms with Crippen LogP contribution in [0.1, 0.15) is 47.8 Å². The molecule has 1 fully saturated rings. The largest absolute Gasteiger partial charge is 0.486 e. The van der Waals surface area contributed by atoms with E-state index in [0.717, 1.165) is 25.3 Å². The molecule has 8 heteroatoms. The van der Waals surface area contributed by atoms with Gasteiger partial charge in [0.1, 0.15) is 24.6 Å². The summed E-state index contributed by atoms with van der Waals surface area (Å²) in [6, 6.07) is 7.69. The molecule has 2 heterocycles. The van der Waals surface area contributed by atoms with Gasteiger partial charge in [-0.25, -0.2) is 13.8 Å². The van der Waals surface area contributed by atoms with E-state index in [1.807, 2.05) is 0 Å². The minimum absolute atomic E-state index is 0.0285. The number of hydrogen-bond acceptors (Lipinski definition) is 4. The zero-order chi connectivity index (χ0) is 20.7. The summed E-state index contributed by atoms with van der Waals surface area (Å²) in [4.78, 5) is 20.1. The first kappa shape index (κ1) is 18.8. The molecule has 0 bridgehead atoms. The Kier molecular flexibility index (Phi) is 4.77. The summed E-state index contributed by atoms with van der Waals surface area (Å²) >= 11 is 0. The number of aromatic amines is 1. The van der Waals surface area contributed by atoms with E-state index in [4.69, 9.17) is 9.47 Å². The minimum Gasteiger partial charge on any atom is -0.486 e. The van der Waals surface area contributed by atoms with Crippen LogP contribution in [0, 0.1) is 11.6 Å². The zero-order valence-corrected chi connectivity index (χ0v) is 16.2. The van der Waals surface area contributed by atoms with Gasteiger partial charge in [-0.05, 0) is 49.6 Å². The third-order valence-electron chi connectivity index (χ3n) is 5.77. The second-order valence-electron chi connectivity index (χ2n) is 7.77. The van der Waals surface area contributed by atoms with Crippen LogP contribution in [-0.4, -0.2) is 35.1 Å². The second-order valence-corrected chi connectivity index (χ2v) is 7.77. The predicted octanol–water partition coefficient (Wildman–Crippen LogP) is 4.07. The number of hydrogen-bond donors (Lipinski definition) is 2. The summed E-state index contributed by atoms with van der Waals surface area (Å²) in [5.74, 6) is -0.0882. The first-order chi connectivity index (χ1) is 14.6. The lowest BCUT2D eigenvalue weighted by molar-refractivity contribution is 0.0923. The van der Waals surface area contributed by atoms with Crippen LogP contribution in [0.4, 0.5) is 8.78 Å². The van der Waals surface area contributed by atoms with Gasteiger partial charge in [0.15, 0.2) is 23.1 Å². The minimum atomic E-state index is -0.912. The Morgan fingerprint density at radius 2 is 1.93 bits per heavy atom. The maximum Gasteiger partial charge on any atom is 0.251 e. The lowest BCUT2D eigenvalue weighted by atomic mass is 9.85. The Morgan fingerprint density at radius 3 is 2.80 bits per heavy atom. The maximum absolute atomic E-state index is 14.0. The highest BCUT2D eigenvalue weighted by Crippen LogP contribution is 2.34. The Morgan fingerprint density at radius 1 is 1.10 bits per heavy atom. The molecule has 1 aliphatic carbocycles. The lowest BCUT2D eigenvalue weighted by Crippen LogP contribution is -2.38. The van der Waals surface area contributed by atoms with E-state index in [1.54, 1.807) is 18.2 Å². The van der Waals surface area contributed by atoms with Crippen molar-refractivity contribution in [3.8, 4) is 11.5 Å². The molecule has 0 radical (unpaired) electrons. The summed E-state index contributed by atoms with van der Waals surface area (Å²) in [6.07, 6.45) is 3.32. The van der Waals surface area contributed by atoms with Gasteiger partial charge in [-0.2, -0.15) is 0 Å². The molecule has 2 N–H and O–H groups in total. The standard InChI is InChI=1S/C22H21F2N3O3/c23-15-5-6-16-20(19(15)24)27-21(26-16)12-2-1-3-14(10-12)25-22(28)13-4-7-17-18(11-13)30-9-8-29-17/h4-7,11-12,14H,1-3,8-10H2,(H,25,28)(H,26,27). The van der Waals surface area contributed by atoms with Crippen molar-refractivity contribution in [1.29, 1.82) is 0 Å². The average molecular weight is 413 g/mol. The number of benzene rings is 2. The van der Waals surface area contributed by atoms with Crippen molar-refractivity contribution in [2.75, 3.05) is 13.2 Å². The van der Waals surface area contributed by atoms with Crippen molar-refractivity contribution in [3.05, 3.63) is 53.4 Å². The van der Waals surface area contributed by atoms with Gasteiger partial charge in [0, 0.05) is 17.5 Å². The van der Waals surface area contributed by atoms with Crippen LogP contribution in [0.3, 0.4) is 0 Å². The number of aromatic nitrogens is 2. The fraction of sp³-hybridized carbons (Fsp3) is 0.364. The third kappa shape index (κ3) is 3.46. The van der Waals surface area contributed by atoms with Crippen molar-refractivity contribution in [2.45, 2.75) is 37.6 Å². The molecular formula is C22H21F2N3O3. The predicted molar refractivity (Wildman–Crippen MR) is 106 cm³/mol. The molecule has 30 heavy (non-hydrogen) atoms. The molecule has 2 aliphatic rings. The Balaban J connectivity index is 1.30. The lowest BCUT2D eigenvalue weighted by Gasteiger charge is -2.29. The second kappa shape index (κ2) is 7.59. The molecule has 2 aromatic carbocycles. The fourth-order valence-corrected chi connectivity index (χ4v) is 4.25. The summed E-state index contributed by atoms with van der Waals surface area (Å²) in [6.45, 7) is 0.963. The highest BCUT2D eigenvalue weighted by molar-refractivity contribution is 5.95. The highest BCUT2D eigenvalue weighted by Gasteiger charge is 2.28. The van der Waals surface area contributed by atoms with Crippen LogP contribution in [0.5, 0.6) is 11.5 Å². The normalized spacial score (nSPS) is 20.9. The number of rotatable bonds is 3. The molecule has 156 valence electrons. The van der Waals surface area contributed by atoms with E-state index in [0.29, 0.717) is 48.0 Å². The number of nitrogens with one attached hydrogen (secondary N) is 2. The average Bonchev–Trinajstić information content (AvgIpc) is 3.21. The number of amides is 1. The highest BCUT2D eigenvalue weighted by atomic mass is 19.2. The van der Waals surface area contributed by atoms with Crippen LogP contribution < -0.4 is 14.8 Å². The van der Waals surface area contributed by atoms with E-state index in [2.05, 4.69) is 15.3 Å². The molecular weight excluding hydrogens is 392 g/mol. The van der Waals surface area contributed by atoms with Gasteiger partial charge >= 0.3 is 0 Å². The molecule has 0 saturated heterocycles. The molecule has 1 saturated carbocycles. The number of H-pyrrole nitrogens is 1. The number of halogens is 2. The van der Waals surface area contributed by atoms with Crippen molar-refractivity contribution in [2.24, 2.45) is 0 Å². The van der Waals surface area contributed by atoms with Crippen molar-refractivity contribution in [1.82, 2.24) is 15.3 Å². The topological polar surface area (TPSA) is 76.2 Å². The van der Waals surface area contributed by atoms with Gasteiger partial charge in [0.25, 0.3) is 5.91 Å². The molecule has 2 unspecified atom stereocenters. The first-order valence-corrected chi connectivity index (χ1v) is 10.1. The third-order valence-corrected chi connectivity index (χ3v) is 5.77. The molecule has 3 aromatic rings. The van der Waals surface area contributed by atoms with Crippen LogP contribution in [0.25, 0.3) is 11.0 Å². The van der Waals surface area contributed by atoms with Gasteiger partial charge in [-0.15, -0.1) is 0 Å². The van der Waals surface area contributed by atoms with Gasteiger partial charge in [-0.1, -0.05) is 6.42 Å². The molecule has 5 rings (SSSR count). The molecule has 1 amide bonds. The smallest absolute Gasteiger partial charge is 0.251 e. The van der Waals surface area contributed by atoms with Crippen LogP contribution in [0.15, 0.2) is 30.3 Å². The summed E-state index contributed by atoms with van der Waals surface area (Å²) in [5, 5.41) is 3.08. The van der Waals surface area contributed by atoms with Crippen LogP contribution in [-0.2, 0) is 0 Å². The van der Waals surface area contributed by atoms with Gasteiger partial charge < -0.3 is 19.8 Å². The van der Waals surface area contributed by atoms with Crippen LogP contribution >= 0.6 is 0 Å². The fourth-order valence-electron chi connectivity index (χ4n) is 4.25. The maximum atomic E-state index is 14.0. The monoisotopic (exact) mass is 413 g/mol. The van der Waals surface area contributed by atoms with Crippen molar-refractivity contribution in [3.63, 3.8) is 0 Å². The van der Waals surface area contributed by atoms with Crippen LogP contribution in [0.2, 0.25) is 0 Å². The number of carbonyl (C=O) groups excluding carboxylic acids is 1. The molecule has 1 aromatic heterocycles. The van der Waals surface area contributed by atoms with Crippen molar-refractivity contribution < 1.29 is 23.0 Å². The summed E-state index contributed by atoms with van der Waals surface area (Å²) < 4.78 is 38.5. The van der Waals surface area contributed by atoms with Crippen molar-refractivity contribution >= 4 is 16.9 Å². The number of imidazole rings is 1. The Bertz CT molecular complexity index is 1110. The molecule has 2 atom stereocenters.